The van der Waals surface area contributed by atoms with Gasteiger partial charge in [-0.2, -0.15) is 5.10 Å². The summed E-state index contributed by atoms with van der Waals surface area (Å²) in [7, 11) is 0. The first kappa shape index (κ1) is 8.72. The van der Waals surface area contributed by atoms with Gasteiger partial charge in [-0.15, -0.1) is 0 Å². The smallest absolute Gasteiger partial charge is 0.0847 e. The minimum atomic E-state index is 0.0379. The second-order valence-electron chi connectivity index (χ2n) is 3.36. The largest absolute Gasteiger partial charge is 0.390 e. The van der Waals surface area contributed by atoms with Crippen molar-refractivity contribution in [2.75, 3.05) is 13.2 Å². The van der Waals surface area contributed by atoms with Crippen molar-refractivity contribution in [3.8, 4) is 0 Å². The Labute approximate surface area is 76.9 Å². The third-order valence-corrected chi connectivity index (χ3v) is 2.46. The second kappa shape index (κ2) is 3.89. The van der Waals surface area contributed by atoms with Crippen LogP contribution >= 0.6 is 0 Å². The summed E-state index contributed by atoms with van der Waals surface area (Å²) in [5.41, 5.74) is 1.86. The molecule has 0 saturated carbocycles. The number of rotatable bonds is 2. The predicted octanol–water partition coefficient (Wildman–Crippen LogP) is 0.796. The van der Waals surface area contributed by atoms with Gasteiger partial charge in [0.15, 0.2) is 0 Å². The highest BCUT2D eigenvalue weighted by Gasteiger charge is 2.18. The maximum atomic E-state index is 8.85. The monoisotopic (exact) mass is 182 g/mol. The van der Waals surface area contributed by atoms with Gasteiger partial charge in [0.2, 0.25) is 0 Å². The van der Waals surface area contributed by atoms with Crippen LogP contribution in [0.2, 0.25) is 0 Å². The summed E-state index contributed by atoms with van der Waals surface area (Å²) in [6.45, 7) is 1.69. The van der Waals surface area contributed by atoms with E-state index < -0.39 is 0 Å². The van der Waals surface area contributed by atoms with Gasteiger partial charge in [0.05, 0.1) is 18.0 Å². The second-order valence-corrected chi connectivity index (χ2v) is 3.36. The van der Waals surface area contributed by atoms with E-state index in [2.05, 4.69) is 10.2 Å². The molecule has 1 aromatic rings. The van der Waals surface area contributed by atoms with E-state index in [1.165, 1.54) is 0 Å². The lowest BCUT2D eigenvalue weighted by Crippen LogP contribution is -2.14. The van der Waals surface area contributed by atoms with E-state index in [4.69, 9.17) is 9.84 Å². The first-order valence-electron chi connectivity index (χ1n) is 4.63. The standard InChI is InChI=1S/C9H14N2O2/c12-6-8-5-9(11-10-8)7-1-3-13-4-2-7/h5,7,12H,1-4,6H2,(H,10,11). The van der Waals surface area contributed by atoms with Gasteiger partial charge in [0, 0.05) is 19.1 Å². The number of aliphatic hydroxyl groups excluding tert-OH is 1. The minimum Gasteiger partial charge on any atom is -0.390 e. The maximum absolute atomic E-state index is 8.85. The molecular weight excluding hydrogens is 168 g/mol. The van der Waals surface area contributed by atoms with E-state index in [0.717, 1.165) is 37.4 Å². The van der Waals surface area contributed by atoms with Crippen molar-refractivity contribution in [2.45, 2.75) is 25.4 Å². The summed E-state index contributed by atoms with van der Waals surface area (Å²) < 4.78 is 5.27. The molecule has 4 heteroatoms. The molecule has 0 aromatic carbocycles. The molecule has 0 unspecified atom stereocenters. The molecule has 1 saturated heterocycles. The van der Waals surface area contributed by atoms with E-state index in [0.29, 0.717) is 5.92 Å². The molecule has 0 radical (unpaired) electrons. The van der Waals surface area contributed by atoms with Crippen LogP contribution in [0.1, 0.15) is 30.1 Å². The van der Waals surface area contributed by atoms with Crippen LogP contribution in [-0.4, -0.2) is 28.5 Å². The maximum Gasteiger partial charge on any atom is 0.0847 e. The van der Waals surface area contributed by atoms with E-state index in [-0.39, 0.29) is 6.61 Å². The Balaban J connectivity index is 2.05. The van der Waals surface area contributed by atoms with Gasteiger partial charge in [-0.1, -0.05) is 0 Å². The number of nitrogens with one attached hydrogen (secondary N) is 1. The third kappa shape index (κ3) is 1.89. The molecule has 0 spiro atoms. The minimum absolute atomic E-state index is 0.0379. The first-order chi connectivity index (χ1) is 6.40. The van der Waals surface area contributed by atoms with Gasteiger partial charge >= 0.3 is 0 Å². The average Bonchev–Trinajstić information content (AvgIpc) is 2.67. The van der Waals surface area contributed by atoms with Gasteiger partial charge < -0.3 is 9.84 Å². The van der Waals surface area contributed by atoms with Crippen molar-refractivity contribution in [1.82, 2.24) is 10.2 Å². The molecular formula is C9H14N2O2. The Bertz CT molecular complexity index is 266. The van der Waals surface area contributed by atoms with Crippen molar-refractivity contribution in [2.24, 2.45) is 0 Å². The quantitative estimate of drug-likeness (QED) is 0.711. The Morgan fingerprint density at radius 3 is 2.92 bits per heavy atom. The van der Waals surface area contributed by atoms with Crippen LogP contribution in [0.15, 0.2) is 6.07 Å². The summed E-state index contributed by atoms with van der Waals surface area (Å²) in [4.78, 5) is 0. The normalized spacial score (nSPS) is 19.2. The Hall–Kier alpha value is -0.870. The van der Waals surface area contributed by atoms with E-state index in [1.807, 2.05) is 6.07 Å². The van der Waals surface area contributed by atoms with Crippen LogP contribution in [0, 0.1) is 0 Å². The van der Waals surface area contributed by atoms with Crippen LogP contribution in [0.4, 0.5) is 0 Å². The van der Waals surface area contributed by atoms with Gasteiger partial charge in [0.1, 0.15) is 0 Å². The fraction of sp³-hybridized carbons (Fsp3) is 0.667. The molecule has 2 N–H and O–H groups in total. The number of aliphatic hydroxyl groups is 1. The molecule has 1 aromatic heterocycles. The van der Waals surface area contributed by atoms with Crippen molar-refractivity contribution in [3.63, 3.8) is 0 Å². The fourth-order valence-electron chi connectivity index (χ4n) is 1.66. The number of aromatic nitrogens is 2. The molecule has 2 heterocycles. The van der Waals surface area contributed by atoms with Crippen LogP contribution in [0.25, 0.3) is 0 Å². The molecule has 0 amide bonds. The van der Waals surface area contributed by atoms with E-state index in [9.17, 15) is 0 Å². The van der Waals surface area contributed by atoms with Crippen LogP contribution < -0.4 is 0 Å². The number of ether oxygens (including phenoxy) is 1. The lowest BCUT2D eigenvalue weighted by atomic mass is 9.96. The third-order valence-electron chi connectivity index (χ3n) is 2.46. The highest BCUT2D eigenvalue weighted by molar-refractivity contribution is 5.12. The van der Waals surface area contributed by atoms with Gasteiger partial charge in [-0.3, -0.25) is 5.10 Å². The highest BCUT2D eigenvalue weighted by Crippen LogP contribution is 2.25. The van der Waals surface area contributed by atoms with Gasteiger partial charge in [0.25, 0.3) is 0 Å². The summed E-state index contributed by atoms with van der Waals surface area (Å²) in [6.07, 6.45) is 2.07. The molecule has 0 bridgehead atoms. The zero-order valence-corrected chi connectivity index (χ0v) is 7.49. The summed E-state index contributed by atoms with van der Waals surface area (Å²) >= 11 is 0. The molecule has 2 rings (SSSR count). The number of nitrogens with zero attached hydrogens (tertiary/aromatic N) is 1. The molecule has 1 fully saturated rings. The number of hydrogen-bond acceptors (Lipinski definition) is 3. The molecule has 13 heavy (non-hydrogen) atoms. The molecule has 4 nitrogen and oxygen atoms in total. The lowest BCUT2D eigenvalue weighted by molar-refractivity contribution is 0.0845. The molecule has 1 aliphatic heterocycles. The van der Waals surface area contributed by atoms with Crippen molar-refractivity contribution in [3.05, 3.63) is 17.5 Å². The molecule has 0 aliphatic carbocycles. The zero-order chi connectivity index (χ0) is 9.10. The van der Waals surface area contributed by atoms with Gasteiger partial charge in [-0.05, 0) is 18.9 Å². The lowest BCUT2D eigenvalue weighted by Gasteiger charge is -2.19. The molecule has 72 valence electrons. The number of H-pyrrole nitrogens is 1. The average molecular weight is 182 g/mol. The Morgan fingerprint density at radius 2 is 2.31 bits per heavy atom. The Kier molecular flexibility index (Phi) is 2.61. The summed E-state index contributed by atoms with van der Waals surface area (Å²) in [6, 6.07) is 1.94. The summed E-state index contributed by atoms with van der Waals surface area (Å²) in [5, 5.41) is 15.8. The zero-order valence-electron chi connectivity index (χ0n) is 7.49. The van der Waals surface area contributed by atoms with E-state index in [1.54, 1.807) is 0 Å². The van der Waals surface area contributed by atoms with Crippen molar-refractivity contribution in [1.29, 1.82) is 0 Å². The van der Waals surface area contributed by atoms with Crippen LogP contribution in [0.3, 0.4) is 0 Å². The van der Waals surface area contributed by atoms with Crippen LogP contribution in [0.5, 0.6) is 0 Å². The predicted molar refractivity (Wildman–Crippen MR) is 47.3 cm³/mol. The first-order valence-corrected chi connectivity index (χ1v) is 4.63. The molecule has 1 aliphatic rings. The van der Waals surface area contributed by atoms with Gasteiger partial charge in [-0.25, -0.2) is 0 Å². The number of hydrogen-bond donors (Lipinski definition) is 2. The number of aromatic amines is 1. The van der Waals surface area contributed by atoms with Crippen molar-refractivity contribution < 1.29 is 9.84 Å². The van der Waals surface area contributed by atoms with Crippen molar-refractivity contribution >= 4 is 0 Å². The Morgan fingerprint density at radius 1 is 1.54 bits per heavy atom. The topological polar surface area (TPSA) is 58.1 Å². The van der Waals surface area contributed by atoms with E-state index >= 15 is 0 Å². The SMILES string of the molecule is OCc1cc(C2CCOCC2)n[nH]1. The molecule has 0 atom stereocenters. The highest BCUT2D eigenvalue weighted by atomic mass is 16.5. The fourth-order valence-corrected chi connectivity index (χ4v) is 1.66. The van der Waals surface area contributed by atoms with Crippen LogP contribution in [-0.2, 0) is 11.3 Å². The summed E-state index contributed by atoms with van der Waals surface area (Å²) in [5.74, 6) is 0.505.